The number of carbonyl (C=O) groups excluding carboxylic acids is 1. The van der Waals surface area contributed by atoms with Crippen molar-refractivity contribution in [2.24, 2.45) is 0 Å². The zero-order valence-electron chi connectivity index (χ0n) is 8.90. The standard InChI is InChI=1S/C11H9FN2O3/c1-6-5-17-11(13-6)14-10(16)8-4-7(12)2-3-9(8)15/h2-5,15H,1H3,(H,13,14,16). The van der Waals surface area contributed by atoms with Gasteiger partial charge in [0.2, 0.25) is 0 Å². The molecule has 0 saturated heterocycles. The largest absolute Gasteiger partial charge is 0.507 e. The molecule has 0 saturated carbocycles. The molecule has 0 unspecified atom stereocenters. The van der Waals surface area contributed by atoms with Gasteiger partial charge >= 0.3 is 6.01 Å². The van der Waals surface area contributed by atoms with Gasteiger partial charge in [-0.05, 0) is 25.1 Å². The highest BCUT2D eigenvalue weighted by Crippen LogP contribution is 2.19. The molecule has 0 radical (unpaired) electrons. The first-order chi connectivity index (χ1) is 8.06. The van der Waals surface area contributed by atoms with E-state index in [1.807, 2.05) is 0 Å². The molecule has 0 aliphatic carbocycles. The number of aryl methyl sites for hydroxylation is 1. The van der Waals surface area contributed by atoms with Crippen molar-refractivity contribution in [1.82, 2.24) is 4.98 Å². The number of nitrogens with zero attached hydrogens (tertiary/aromatic N) is 1. The van der Waals surface area contributed by atoms with Crippen LogP contribution in [0.2, 0.25) is 0 Å². The van der Waals surface area contributed by atoms with Crippen LogP contribution in [-0.4, -0.2) is 16.0 Å². The minimum Gasteiger partial charge on any atom is -0.507 e. The topological polar surface area (TPSA) is 75.4 Å². The third kappa shape index (κ3) is 2.41. The number of halogens is 1. The van der Waals surface area contributed by atoms with Gasteiger partial charge in [-0.25, -0.2) is 4.39 Å². The van der Waals surface area contributed by atoms with E-state index >= 15 is 0 Å². The van der Waals surface area contributed by atoms with E-state index in [1.165, 1.54) is 6.26 Å². The predicted molar refractivity (Wildman–Crippen MR) is 57.3 cm³/mol. The summed E-state index contributed by atoms with van der Waals surface area (Å²) in [4.78, 5) is 15.5. The summed E-state index contributed by atoms with van der Waals surface area (Å²) in [6.45, 7) is 1.69. The van der Waals surface area contributed by atoms with Crippen LogP contribution in [0.5, 0.6) is 5.75 Å². The number of hydrogen-bond donors (Lipinski definition) is 2. The first kappa shape index (κ1) is 11.1. The van der Waals surface area contributed by atoms with Crippen molar-refractivity contribution in [1.29, 1.82) is 0 Å². The maximum absolute atomic E-state index is 12.9. The van der Waals surface area contributed by atoms with E-state index in [1.54, 1.807) is 6.92 Å². The summed E-state index contributed by atoms with van der Waals surface area (Å²) in [5, 5.41) is 11.7. The fourth-order valence-corrected chi connectivity index (χ4v) is 1.27. The molecular weight excluding hydrogens is 227 g/mol. The van der Waals surface area contributed by atoms with Crippen molar-refractivity contribution in [2.45, 2.75) is 6.92 Å². The van der Waals surface area contributed by atoms with Gasteiger partial charge in [0.05, 0.1) is 11.3 Å². The molecule has 2 aromatic rings. The molecule has 17 heavy (non-hydrogen) atoms. The van der Waals surface area contributed by atoms with Gasteiger partial charge in [-0.1, -0.05) is 0 Å². The Morgan fingerprint density at radius 3 is 2.94 bits per heavy atom. The lowest BCUT2D eigenvalue weighted by molar-refractivity contribution is 0.102. The van der Waals surface area contributed by atoms with Crippen molar-refractivity contribution in [3.8, 4) is 5.75 Å². The summed E-state index contributed by atoms with van der Waals surface area (Å²) in [6, 6.07) is 3.09. The summed E-state index contributed by atoms with van der Waals surface area (Å²) in [5.74, 6) is -1.62. The van der Waals surface area contributed by atoms with Gasteiger partial charge in [-0.3, -0.25) is 10.1 Å². The molecule has 0 bridgehead atoms. The van der Waals surface area contributed by atoms with Crippen molar-refractivity contribution in [2.75, 3.05) is 5.32 Å². The third-order valence-corrected chi connectivity index (χ3v) is 2.04. The first-order valence-electron chi connectivity index (χ1n) is 4.78. The van der Waals surface area contributed by atoms with E-state index in [0.717, 1.165) is 18.2 Å². The Morgan fingerprint density at radius 1 is 1.53 bits per heavy atom. The van der Waals surface area contributed by atoms with E-state index in [0.29, 0.717) is 5.69 Å². The van der Waals surface area contributed by atoms with Crippen molar-refractivity contribution >= 4 is 11.9 Å². The molecule has 1 amide bonds. The summed E-state index contributed by atoms with van der Waals surface area (Å²) in [7, 11) is 0. The molecule has 6 heteroatoms. The Bertz CT molecular complexity index is 566. The third-order valence-electron chi connectivity index (χ3n) is 2.04. The molecule has 0 atom stereocenters. The van der Waals surface area contributed by atoms with Gasteiger partial charge in [0.15, 0.2) is 0 Å². The SMILES string of the molecule is Cc1coc(NC(=O)c2cc(F)ccc2O)n1. The zero-order chi connectivity index (χ0) is 12.4. The molecular formula is C11H9FN2O3. The van der Waals surface area contributed by atoms with E-state index < -0.39 is 11.7 Å². The number of oxazole rings is 1. The van der Waals surface area contributed by atoms with Crippen molar-refractivity contribution in [3.63, 3.8) is 0 Å². The Hall–Kier alpha value is -2.37. The van der Waals surface area contributed by atoms with Crippen LogP contribution in [0.1, 0.15) is 16.1 Å². The molecule has 5 nitrogen and oxygen atoms in total. The molecule has 0 aliphatic heterocycles. The second-order valence-corrected chi connectivity index (χ2v) is 3.41. The molecule has 0 spiro atoms. The number of amides is 1. The van der Waals surface area contributed by atoms with Gasteiger partial charge in [0, 0.05) is 0 Å². The van der Waals surface area contributed by atoms with Crippen LogP contribution in [0.15, 0.2) is 28.9 Å². The quantitative estimate of drug-likeness (QED) is 0.837. The fraction of sp³-hybridized carbons (Fsp3) is 0.0909. The number of hydrogen-bond acceptors (Lipinski definition) is 4. The highest BCUT2D eigenvalue weighted by Gasteiger charge is 2.14. The maximum Gasteiger partial charge on any atom is 0.301 e. The Labute approximate surface area is 95.9 Å². The Morgan fingerprint density at radius 2 is 2.29 bits per heavy atom. The van der Waals surface area contributed by atoms with Gasteiger partial charge in [-0.15, -0.1) is 0 Å². The Balaban J connectivity index is 2.22. The van der Waals surface area contributed by atoms with Crippen molar-refractivity contribution in [3.05, 3.63) is 41.5 Å². The highest BCUT2D eigenvalue weighted by molar-refractivity contribution is 6.05. The van der Waals surface area contributed by atoms with Crippen LogP contribution in [-0.2, 0) is 0 Å². The molecule has 2 rings (SSSR count). The average molecular weight is 236 g/mol. The van der Waals surface area contributed by atoms with Crippen LogP contribution in [0.3, 0.4) is 0 Å². The second-order valence-electron chi connectivity index (χ2n) is 3.41. The van der Waals surface area contributed by atoms with Gasteiger partial charge in [0.25, 0.3) is 5.91 Å². The number of benzene rings is 1. The van der Waals surface area contributed by atoms with E-state index in [9.17, 15) is 14.3 Å². The van der Waals surface area contributed by atoms with Crippen LogP contribution in [0.4, 0.5) is 10.4 Å². The van der Waals surface area contributed by atoms with E-state index in [2.05, 4.69) is 10.3 Å². The molecule has 2 N–H and O–H groups in total. The smallest absolute Gasteiger partial charge is 0.301 e. The van der Waals surface area contributed by atoms with Gasteiger partial charge < -0.3 is 9.52 Å². The summed E-state index contributed by atoms with van der Waals surface area (Å²) in [5.41, 5.74) is 0.421. The van der Waals surface area contributed by atoms with Gasteiger partial charge in [0.1, 0.15) is 17.8 Å². The molecule has 88 valence electrons. The highest BCUT2D eigenvalue weighted by atomic mass is 19.1. The fourth-order valence-electron chi connectivity index (χ4n) is 1.27. The molecule has 0 aliphatic rings. The minimum atomic E-state index is -0.691. The number of nitrogens with one attached hydrogen (secondary N) is 1. The Kier molecular flexibility index (Phi) is 2.78. The number of phenols is 1. The molecule has 0 fully saturated rings. The van der Waals surface area contributed by atoms with Crippen molar-refractivity contribution < 1.29 is 18.7 Å². The number of anilines is 1. The molecule has 1 heterocycles. The molecule has 1 aromatic carbocycles. The van der Waals surface area contributed by atoms with E-state index in [4.69, 9.17) is 4.42 Å². The van der Waals surface area contributed by atoms with Crippen LogP contribution < -0.4 is 5.32 Å². The number of aromatic nitrogens is 1. The lowest BCUT2D eigenvalue weighted by atomic mass is 10.2. The average Bonchev–Trinajstić information content (AvgIpc) is 2.67. The predicted octanol–water partition coefficient (Wildman–Crippen LogP) is 2.08. The number of phenolic OH excluding ortho intramolecular Hbond substituents is 1. The van der Waals surface area contributed by atoms with Crippen LogP contribution in [0, 0.1) is 12.7 Å². The second kappa shape index (κ2) is 4.25. The maximum atomic E-state index is 12.9. The van der Waals surface area contributed by atoms with Gasteiger partial charge in [-0.2, -0.15) is 4.98 Å². The number of aromatic hydroxyl groups is 1. The summed E-state index contributed by atoms with van der Waals surface area (Å²) in [6.07, 6.45) is 1.36. The summed E-state index contributed by atoms with van der Waals surface area (Å²) >= 11 is 0. The summed E-state index contributed by atoms with van der Waals surface area (Å²) < 4.78 is 17.8. The van der Waals surface area contributed by atoms with Crippen LogP contribution >= 0.6 is 0 Å². The minimum absolute atomic E-state index is 0.00355. The lowest BCUT2D eigenvalue weighted by Gasteiger charge is -2.03. The lowest BCUT2D eigenvalue weighted by Crippen LogP contribution is -2.12. The van der Waals surface area contributed by atoms with E-state index in [-0.39, 0.29) is 17.3 Å². The number of rotatable bonds is 2. The monoisotopic (exact) mass is 236 g/mol. The first-order valence-corrected chi connectivity index (χ1v) is 4.78. The molecule has 1 aromatic heterocycles. The number of carbonyl (C=O) groups is 1. The normalized spacial score (nSPS) is 10.2. The van der Waals surface area contributed by atoms with Crippen LogP contribution in [0.25, 0.3) is 0 Å². The zero-order valence-corrected chi connectivity index (χ0v) is 8.90.